The second kappa shape index (κ2) is 5.67. The molecule has 0 spiro atoms. The topological polar surface area (TPSA) is 68.5 Å². The second-order valence-corrected chi connectivity index (χ2v) is 7.61. The quantitative estimate of drug-likeness (QED) is 0.419. The number of para-hydroxylation sites is 2. The fourth-order valence-electron chi connectivity index (χ4n) is 4.44. The van der Waals surface area contributed by atoms with Crippen molar-refractivity contribution in [3.63, 3.8) is 0 Å². The van der Waals surface area contributed by atoms with Crippen molar-refractivity contribution in [2.24, 2.45) is 0 Å². The number of fused-ring (bicyclic) bond motifs is 8. The number of aromatic hydroxyl groups is 1. The summed E-state index contributed by atoms with van der Waals surface area (Å²) >= 11 is 0. The molecule has 7 heteroatoms. The van der Waals surface area contributed by atoms with E-state index in [1.54, 1.807) is 12.1 Å². The molecule has 0 saturated carbocycles. The van der Waals surface area contributed by atoms with Gasteiger partial charge in [0.05, 0.1) is 22.1 Å². The van der Waals surface area contributed by atoms with E-state index in [2.05, 4.69) is 0 Å². The van der Waals surface area contributed by atoms with Crippen LogP contribution in [0.3, 0.4) is 0 Å². The summed E-state index contributed by atoms with van der Waals surface area (Å²) in [5.41, 5.74) is 5.47. The van der Waals surface area contributed by atoms with E-state index in [4.69, 9.17) is 22.2 Å². The Labute approximate surface area is 176 Å². The van der Waals surface area contributed by atoms with Gasteiger partial charge in [-0.25, -0.2) is 9.97 Å². The molecule has 0 saturated heterocycles. The number of imidazole rings is 2. The number of aromatic nitrogens is 4. The van der Waals surface area contributed by atoms with Crippen LogP contribution >= 0.6 is 0 Å². The molecule has 144 valence electrons. The van der Waals surface area contributed by atoms with Gasteiger partial charge in [0.25, 0.3) is 0 Å². The van der Waals surface area contributed by atoms with E-state index in [0.717, 1.165) is 44.0 Å². The Balaban J connectivity index is 1.64. The van der Waals surface area contributed by atoms with Crippen LogP contribution in [0.1, 0.15) is 0 Å². The van der Waals surface area contributed by atoms with Crippen molar-refractivity contribution in [2.45, 2.75) is 0 Å². The average Bonchev–Trinajstić information content (AvgIpc) is 3.42. The molecule has 6 nitrogen and oxygen atoms in total. The molecule has 1 N–H and O–H groups in total. The summed E-state index contributed by atoms with van der Waals surface area (Å²) in [6, 6.07) is 20.8. The van der Waals surface area contributed by atoms with Crippen molar-refractivity contribution < 1.29 is 9.52 Å². The van der Waals surface area contributed by atoms with Gasteiger partial charge in [-0.15, -0.1) is 0 Å². The molecule has 7 rings (SSSR count). The molecule has 4 aromatic heterocycles. The van der Waals surface area contributed by atoms with Crippen LogP contribution in [0.15, 0.2) is 77.3 Å². The molecule has 0 aliphatic carbocycles. The number of nitrogens with zero attached hydrogens (tertiary/aromatic N) is 4. The summed E-state index contributed by atoms with van der Waals surface area (Å²) in [6.07, 6.45) is 1.82. The maximum Gasteiger partial charge on any atom is 0.221 e. The molecular weight excluding hydrogens is 387 g/mol. The van der Waals surface area contributed by atoms with Crippen molar-refractivity contribution in [3.05, 3.63) is 72.9 Å². The highest BCUT2D eigenvalue weighted by atomic mass is 16.3. The summed E-state index contributed by atoms with van der Waals surface area (Å²) in [7, 11) is 6.20. The van der Waals surface area contributed by atoms with Gasteiger partial charge >= 0.3 is 0 Å². The van der Waals surface area contributed by atoms with Gasteiger partial charge in [0.1, 0.15) is 30.6 Å². The molecule has 3 aromatic carbocycles. The number of hydrogen-bond acceptors (Lipinski definition) is 4. The molecule has 0 atom stereocenters. The molecule has 0 fully saturated rings. The highest BCUT2D eigenvalue weighted by Gasteiger charge is 2.20. The molecule has 7 aromatic rings. The van der Waals surface area contributed by atoms with Crippen LogP contribution in [0, 0.1) is 0 Å². The van der Waals surface area contributed by atoms with Gasteiger partial charge in [0, 0.05) is 29.1 Å². The number of furan rings is 1. The maximum absolute atomic E-state index is 10.2. The lowest BCUT2D eigenvalue weighted by Gasteiger charge is -2.04. The van der Waals surface area contributed by atoms with Crippen LogP contribution in [0.5, 0.6) is 5.75 Å². The van der Waals surface area contributed by atoms with Gasteiger partial charge in [-0.3, -0.25) is 8.97 Å². The third-order valence-corrected chi connectivity index (χ3v) is 5.82. The first-order valence-corrected chi connectivity index (χ1v) is 9.87. The van der Waals surface area contributed by atoms with Crippen LogP contribution < -0.4 is 5.46 Å². The first kappa shape index (κ1) is 16.5. The number of phenolic OH excluding ortho intramolecular Hbond substituents is 1. The minimum Gasteiger partial charge on any atom is -0.508 e. The third-order valence-electron chi connectivity index (χ3n) is 5.82. The normalized spacial score (nSPS) is 12.1. The Morgan fingerprint density at radius 2 is 1.74 bits per heavy atom. The van der Waals surface area contributed by atoms with Gasteiger partial charge in [-0.1, -0.05) is 35.8 Å². The number of hydrogen-bond donors (Lipinski definition) is 1. The van der Waals surface area contributed by atoms with Gasteiger partial charge in [0.2, 0.25) is 5.78 Å². The average molecular weight is 400 g/mol. The molecule has 0 bridgehead atoms. The number of rotatable bonds is 1. The van der Waals surface area contributed by atoms with Crippen LogP contribution in [0.4, 0.5) is 0 Å². The molecule has 4 heterocycles. The fraction of sp³-hybridized carbons (Fsp3) is 0. The smallest absolute Gasteiger partial charge is 0.221 e. The highest BCUT2D eigenvalue weighted by molar-refractivity contribution is 6.38. The zero-order valence-electron chi connectivity index (χ0n) is 16.1. The van der Waals surface area contributed by atoms with E-state index in [1.807, 2.05) is 69.8 Å². The van der Waals surface area contributed by atoms with Crippen LogP contribution in [-0.4, -0.2) is 31.9 Å². The first-order chi connectivity index (χ1) is 15.2. The van der Waals surface area contributed by atoms with Gasteiger partial charge in [-0.05, 0) is 24.3 Å². The summed E-state index contributed by atoms with van der Waals surface area (Å²) < 4.78 is 10.0. The Morgan fingerprint density at radius 1 is 0.839 bits per heavy atom. The SMILES string of the molecule is [B]c1cccc2c1nc1n(-c3cc4oc5ccccc5c4cn3)c3cc(O)ccc3n21. The lowest BCUT2D eigenvalue weighted by Crippen LogP contribution is -2.03. The van der Waals surface area contributed by atoms with Gasteiger partial charge in [-0.2, -0.15) is 0 Å². The lowest BCUT2D eigenvalue weighted by atomic mass is 9.95. The molecule has 0 amide bonds. The lowest BCUT2D eigenvalue weighted by molar-refractivity contribution is 0.476. The van der Waals surface area contributed by atoms with Crippen LogP contribution in [-0.2, 0) is 0 Å². The molecule has 0 aliphatic heterocycles. The van der Waals surface area contributed by atoms with Crippen molar-refractivity contribution in [1.29, 1.82) is 0 Å². The maximum atomic E-state index is 10.2. The second-order valence-electron chi connectivity index (χ2n) is 7.61. The van der Waals surface area contributed by atoms with Crippen LogP contribution in [0.2, 0.25) is 0 Å². The predicted molar refractivity (Wildman–Crippen MR) is 122 cm³/mol. The Kier molecular flexibility index (Phi) is 3.02. The van der Waals surface area contributed by atoms with E-state index in [9.17, 15) is 5.11 Å². The fourth-order valence-corrected chi connectivity index (χ4v) is 4.44. The van der Waals surface area contributed by atoms with Gasteiger partial charge in [0.15, 0.2) is 0 Å². The summed E-state index contributed by atoms with van der Waals surface area (Å²) in [4.78, 5) is 9.56. The molecular formula is C24H13BN4O2. The van der Waals surface area contributed by atoms with Crippen molar-refractivity contribution in [3.8, 4) is 11.6 Å². The van der Waals surface area contributed by atoms with E-state index in [1.165, 1.54) is 0 Å². The van der Waals surface area contributed by atoms with E-state index in [0.29, 0.717) is 17.1 Å². The van der Waals surface area contributed by atoms with E-state index in [-0.39, 0.29) is 5.75 Å². The monoisotopic (exact) mass is 400 g/mol. The van der Waals surface area contributed by atoms with Crippen molar-refractivity contribution in [2.75, 3.05) is 0 Å². The van der Waals surface area contributed by atoms with Crippen LogP contribution in [0.25, 0.3) is 55.6 Å². The highest BCUT2D eigenvalue weighted by Crippen LogP contribution is 2.33. The molecule has 0 unspecified atom stereocenters. The zero-order valence-corrected chi connectivity index (χ0v) is 16.1. The minimum atomic E-state index is 0.170. The third kappa shape index (κ3) is 2.12. The Bertz CT molecular complexity index is 1830. The minimum absolute atomic E-state index is 0.170. The van der Waals surface area contributed by atoms with E-state index >= 15 is 0 Å². The predicted octanol–water partition coefficient (Wildman–Crippen LogP) is 4.23. The van der Waals surface area contributed by atoms with Gasteiger partial charge < -0.3 is 9.52 Å². The standard InChI is InChI=1S/C24H13BN4O2/c25-16-5-3-6-18-23(16)27-24-28(18)17-9-8-13(30)10-19(17)29(24)22-11-21-15(12-26-22)14-4-1-2-7-20(14)31-21/h1-12,30H. The van der Waals surface area contributed by atoms with Crippen molar-refractivity contribution >= 4 is 63.1 Å². The summed E-state index contributed by atoms with van der Waals surface area (Å²) in [5, 5.41) is 12.2. The van der Waals surface area contributed by atoms with E-state index < -0.39 is 0 Å². The Morgan fingerprint density at radius 3 is 2.68 bits per heavy atom. The first-order valence-electron chi connectivity index (χ1n) is 9.87. The zero-order chi connectivity index (χ0) is 20.7. The summed E-state index contributed by atoms with van der Waals surface area (Å²) in [6.45, 7) is 0. The number of pyridine rings is 1. The molecule has 31 heavy (non-hydrogen) atoms. The molecule has 0 aliphatic rings. The molecule has 2 radical (unpaired) electrons. The number of benzene rings is 3. The Hall–Kier alpha value is -4.26. The number of phenols is 1. The summed E-state index contributed by atoms with van der Waals surface area (Å²) in [5.74, 6) is 1.48. The van der Waals surface area contributed by atoms with Crippen molar-refractivity contribution in [1.82, 2.24) is 18.9 Å². The largest absolute Gasteiger partial charge is 0.508 e.